The molecule has 1 aliphatic rings. The molecule has 0 bridgehead atoms. The molecule has 2 heteroatoms. The van der Waals surface area contributed by atoms with Crippen LogP contribution in [0.25, 0.3) is 0 Å². The van der Waals surface area contributed by atoms with Gasteiger partial charge in [-0.15, -0.1) is 0 Å². The van der Waals surface area contributed by atoms with E-state index in [1.165, 1.54) is 0 Å². The average Bonchev–Trinajstić information content (AvgIpc) is 2.79. The first-order valence-electron chi connectivity index (χ1n) is 5.58. The molecule has 0 radical (unpaired) electrons. The topological polar surface area (TPSA) is 43.1 Å². The minimum Gasteiger partial charge on any atom is -0.329 e. The predicted octanol–water partition coefficient (Wildman–Crippen LogP) is 2.39. The molecule has 1 fully saturated rings. The lowest BCUT2D eigenvalue weighted by molar-refractivity contribution is 0.0810. The summed E-state index contributed by atoms with van der Waals surface area (Å²) in [6, 6.07) is 9.52. The van der Waals surface area contributed by atoms with Crippen molar-refractivity contribution in [3.63, 3.8) is 0 Å². The van der Waals surface area contributed by atoms with E-state index >= 15 is 0 Å². The number of ketones is 1. The summed E-state index contributed by atoms with van der Waals surface area (Å²) < 4.78 is 0. The van der Waals surface area contributed by atoms with Gasteiger partial charge in [0, 0.05) is 17.5 Å². The number of Topliss-reactive ketones (excluding diaryl/α,β-unsaturated/α-hetero) is 1. The smallest absolute Gasteiger partial charge is 0.170 e. The second-order valence-corrected chi connectivity index (χ2v) is 4.39. The van der Waals surface area contributed by atoms with Crippen molar-refractivity contribution in [2.24, 2.45) is 11.1 Å². The lowest BCUT2D eigenvalue weighted by atomic mass is 9.79. The van der Waals surface area contributed by atoms with E-state index in [0.717, 1.165) is 31.2 Å². The number of carbonyl (C=O) groups is 1. The third kappa shape index (κ3) is 1.82. The van der Waals surface area contributed by atoms with Crippen molar-refractivity contribution in [2.45, 2.75) is 25.7 Å². The van der Waals surface area contributed by atoms with Crippen molar-refractivity contribution < 1.29 is 4.79 Å². The first-order chi connectivity index (χ1) is 7.28. The van der Waals surface area contributed by atoms with Crippen LogP contribution in [0, 0.1) is 5.41 Å². The Morgan fingerprint density at radius 3 is 2.33 bits per heavy atom. The number of rotatable bonds is 3. The van der Waals surface area contributed by atoms with Gasteiger partial charge in [-0.3, -0.25) is 4.79 Å². The molecule has 15 heavy (non-hydrogen) atoms. The molecule has 0 aliphatic heterocycles. The maximum Gasteiger partial charge on any atom is 0.170 e. The highest BCUT2D eigenvalue weighted by atomic mass is 16.1. The molecule has 0 aromatic heterocycles. The van der Waals surface area contributed by atoms with Gasteiger partial charge in [-0.25, -0.2) is 0 Å². The molecule has 2 rings (SSSR count). The Morgan fingerprint density at radius 2 is 1.80 bits per heavy atom. The average molecular weight is 203 g/mol. The minimum atomic E-state index is -0.263. The molecule has 1 aliphatic carbocycles. The lowest BCUT2D eigenvalue weighted by Gasteiger charge is -2.25. The quantitative estimate of drug-likeness (QED) is 0.766. The van der Waals surface area contributed by atoms with Crippen LogP contribution in [0.5, 0.6) is 0 Å². The highest BCUT2D eigenvalue weighted by Gasteiger charge is 2.39. The van der Waals surface area contributed by atoms with Gasteiger partial charge in [0.25, 0.3) is 0 Å². The third-order valence-electron chi connectivity index (χ3n) is 3.47. The van der Waals surface area contributed by atoms with Gasteiger partial charge in [0.2, 0.25) is 0 Å². The van der Waals surface area contributed by atoms with Crippen LogP contribution in [0.15, 0.2) is 30.3 Å². The Kier molecular flexibility index (Phi) is 2.87. The summed E-state index contributed by atoms with van der Waals surface area (Å²) in [7, 11) is 0. The maximum atomic E-state index is 12.3. The largest absolute Gasteiger partial charge is 0.329 e. The van der Waals surface area contributed by atoms with Gasteiger partial charge in [0.05, 0.1) is 0 Å². The summed E-state index contributed by atoms with van der Waals surface area (Å²) >= 11 is 0. The zero-order valence-electron chi connectivity index (χ0n) is 8.91. The highest BCUT2D eigenvalue weighted by Crippen LogP contribution is 2.39. The normalized spacial score (nSPS) is 19.0. The fourth-order valence-electron chi connectivity index (χ4n) is 2.47. The van der Waals surface area contributed by atoms with Crippen molar-refractivity contribution >= 4 is 5.78 Å². The van der Waals surface area contributed by atoms with Gasteiger partial charge < -0.3 is 5.73 Å². The van der Waals surface area contributed by atoms with Gasteiger partial charge in [0.1, 0.15) is 0 Å². The van der Waals surface area contributed by atoms with Gasteiger partial charge in [-0.2, -0.15) is 0 Å². The third-order valence-corrected chi connectivity index (χ3v) is 3.47. The lowest BCUT2D eigenvalue weighted by Crippen LogP contribution is -2.36. The molecule has 0 saturated heterocycles. The fourth-order valence-corrected chi connectivity index (χ4v) is 2.47. The molecule has 0 spiro atoms. The number of hydrogen-bond donors (Lipinski definition) is 1. The van der Waals surface area contributed by atoms with E-state index in [-0.39, 0.29) is 11.2 Å². The van der Waals surface area contributed by atoms with E-state index < -0.39 is 0 Å². The van der Waals surface area contributed by atoms with Gasteiger partial charge in [0.15, 0.2) is 5.78 Å². The zero-order valence-corrected chi connectivity index (χ0v) is 8.91. The van der Waals surface area contributed by atoms with E-state index in [4.69, 9.17) is 5.73 Å². The van der Waals surface area contributed by atoms with Crippen molar-refractivity contribution in [2.75, 3.05) is 6.54 Å². The van der Waals surface area contributed by atoms with Crippen molar-refractivity contribution in [1.29, 1.82) is 0 Å². The first-order valence-corrected chi connectivity index (χ1v) is 5.58. The van der Waals surface area contributed by atoms with Crippen LogP contribution in [0.3, 0.4) is 0 Å². The summed E-state index contributed by atoms with van der Waals surface area (Å²) in [4.78, 5) is 12.3. The van der Waals surface area contributed by atoms with Crippen LogP contribution >= 0.6 is 0 Å². The van der Waals surface area contributed by atoms with E-state index in [9.17, 15) is 4.79 Å². The molecular weight excluding hydrogens is 186 g/mol. The molecular formula is C13H17NO. The predicted molar refractivity (Wildman–Crippen MR) is 60.7 cm³/mol. The minimum absolute atomic E-state index is 0.239. The van der Waals surface area contributed by atoms with Crippen molar-refractivity contribution in [1.82, 2.24) is 0 Å². The Bertz CT molecular complexity index is 339. The van der Waals surface area contributed by atoms with Crippen molar-refractivity contribution in [3.8, 4) is 0 Å². The highest BCUT2D eigenvalue weighted by molar-refractivity contribution is 6.00. The second kappa shape index (κ2) is 4.15. The molecule has 1 aromatic rings. The monoisotopic (exact) mass is 203 g/mol. The summed E-state index contributed by atoms with van der Waals surface area (Å²) in [5.74, 6) is 0.239. The van der Waals surface area contributed by atoms with Gasteiger partial charge in [-0.05, 0) is 12.8 Å². The first kappa shape index (κ1) is 10.4. The molecule has 80 valence electrons. The summed E-state index contributed by atoms with van der Waals surface area (Å²) in [6.45, 7) is 0.487. The van der Waals surface area contributed by atoms with E-state index in [0.29, 0.717) is 6.54 Å². The molecule has 0 unspecified atom stereocenters. The molecule has 0 atom stereocenters. The molecule has 1 saturated carbocycles. The Balaban J connectivity index is 2.27. The Labute approximate surface area is 90.5 Å². The van der Waals surface area contributed by atoms with Crippen LogP contribution < -0.4 is 5.73 Å². The molecule has 2 N–H and O–H groups in total. The van der Waals surface area contributed by atoms with Crippen LogP contribution in [0.1, 0.15) is 36.0 Å². The summed E-state index contributed by atoms with van der Waals surface area (Å²) in [5, 5.41) is 0. The molecule has 1 aromatic carbocycles. The van der Waals surface area contributed by atoms with Crippen LogP contribution in [-0.4, -0.2) is 12.3 Å². The molecule has 2 nitrogen and oxygen atoms in total. The van der Waals surface area contributed by atoms with Gasteiger partial charge in [-0.1, -0.05) is 43.2 Å². The summed E-state index contributed by atoms with van der Waals surface area (Å²) in [6.07, 6.45) is 4.18. The van der Waals surface area contributed by atoms with Gasteiger partial charge >= 0.3 is 0 Å². The van der Waals surface area contributed by atoms with E-state index in [1.807, 2.05) is 30.3 Å². The number of benzene rings is 1. The number of hydrogen-bond acceptors (Lipinski definition) is 2. The second-order valence-electron chi connectivity index (χ2n) is 4.39. The molecule has 0 heterocycles. The van der Waals surface area contributed by atoms with Crippen molar-refractivity contribution in [3.05, 3.63) is 35.9 Å². The standard InChI is InChI=1S/C13H17NO/c14-10-13(8-4-5-9-13)12(15)11-6-2-1-3-7-11/h1-3,6-7H,4-5,8-10,14H2. The van der Waals surface area contributed by atoms with Crippen LogP contribution in [0.2, 0.25) is 0 Å². The Hall–Kier alpha value is -1.15. The van der Waals surface area contributed by atoms with Crippen LogP contribution in [0.4, 0.5) is 0 Å². The van der Waals surface area contributed by atoms with E-state index in [1.54, 1.807) is 0 Å². The fraction of sp³-hybridized carbons (Fsp3) is 0.462. The zero-order chi connectivity index (χ0) is 10.7. The maximum absolute atomic E-state index is 12.3. The SMILES string of the molecule is NCC1(C(=O)c2ccccc2)CCCC1. The van der Waals surface area contributed by atoms with E-state index in [2.05, 4.69) is 0 Å². The summed E-state index contributed by atoms with van der Waals surface area (Å²) in [5.41, 5.74) is 6.33. The molecule has 0 amide bonds. The number of carbonyl (C=O) groups excluding carboxylic acids is 1. The number of nitrogens with two attached hydrogens (primary N) is 1. The van der Waals surface area contributed by atoms with Crippen LogP contribution in [-0.2, 0) is 0 Å². The Morgan fingerprint density at radius 1 is 1.20 bits per heavy atom.